The zero-order valence-electron chi connectivity index (χ0n) is 11.7. The van der Waals surface area contributed by atoms with E-state index in [9.17, 15) is 0 Å². The first-order valence-corrected chi connectivity index (χ1v) is 6.85. The number of nitrogens with zero attached hydrogens (tertiary/aromatic N) is 1. The first-order valence-electron chi connectivity index (χ1n) is 6.85. The van der Waals surface area contributed by atoms with Gasteiger partial charge in [0, 0.05) is 18.3 Å². The summed E-state index contributed by atoms with van der Waals surface area (Å²) in [6.07, 6.45) is 3.48. The summed E-state index contributed by atoms with van der Waals surface area (Å²) in [5.41, 5.74) is 7.60. The molecule has 1 heterocycles. The largest absolute Gasteiger partial charge is 0.491 e. The van der Waals surface area contributed by atoms with Gasteiger partial charge in [-0.2, -0.15) is 0 Å². The first kappa shape index (κ1) is 14.2. The van der Waals surface area contributed by atoms with Crippen molar-refractivity contribution in [3.63, 3.8) is 0 Å². The lowest BCUT2D eigenvalue weighted by atomic mass is 10.2. The summed E-state index contributed by atoms with van der Waals surface area (Å²) in [6.45, 7) is 3.25. The molecule has 2 rings (SSSR count). The van der Waals surface area contributed by atoms with Crippen molar-refractivity contribution in [1.29, 1.82) is 0 Å². The minimum Gasteiger partial charge on any atom is -0.491 e. The summed E-state index contributed by atoms with van der Waals surface area (Å²) in [5.74, 6) is 1.34. The van der Waals surface area contributed by atoms with Crippen LogP contribution < -0.4 is 15.2 Å². The summed E-state index contributed by atoms with van der Waals surface area (Å²) in [7, 11) is 0. The van der Waals surface area contributed by atoms with Gasteiger partial charge in [0.2, 0.25) is 0 Å². The van der Waals surface area contributed by atoms with Crippen molar-refractivity contribution < 1.29 is 9.47 Å². The summed E-state index contributed by atoms with van der Waals surface area (Å²) in [5, 5.41) is 0. The van der Waals surface area contributed by atoms with Crippen molar-refractivity contribution in [2.45, 2.75) is 19.8 Å². The highest BCUT2D eigenvalue weighted by molar-refractivity contribution is 5.62. The Labute approximate surface area is 119 Å². The minimum absolute atomic E-state index is 0.540. The summed E-state index contributed by atoms with van der Waals surface area (Å²) in [4.78, 5) is 4.25. The summed E-state index contributed by atoms with van der Waals surface area (Å²) in [6, 6.07) is 11.4. The van der Waals surface area contributed by atoms with Crippen LogP contribution in [0.2, 0.25) is 0 Å². The Morgan fingerprint density at radius 3 is 2.40 bits per heavy atom. The van der Waals surface area contributed by atoms with Crippen LogP contribution in [0.5, 0.6) is 11.5 Å². The van der Waals surface area contributed by atoms with Crippen molar-refractivity contribution in [2.24, 2.45) is 0 Å². The van der Waals surface area contributed by atoms with Crippen LogP contribution >= 0.6 is 0 Å². The smallest absolute Gasteiger partial charge is 0.146 e. The second-order valence-electron chi connectivity index (χ2n) is 4.44. The molecule has 0 aliphatic rings. The highest BCUT2D eigenvalue weighted by atomic mass is 16.5. The van der Waals surface area contributed by atoms with Crippen molar-refractivity contribution in [1.82, 2.24) is 4.98 Å². The fraction of sp³-hybridized carbons (Fsp3) is 0.312. The van der Waals surface area contributed by atoms with E-state index in [4.69, 9.17) is 15.2 Å². The van der Waals surface area contributed by atoms with E-state index in [2.05, 4.69) is 11.9 Å². The second-order valence-corrected chi connectivity index (χ2v) is 4.44. The van der Waals surface area contributed by atoms with E-state index in [1.165, 1.54) is 0 Å². The Morgan fingerprint density at radius 2 is 1.75 bits per heavy atom. The number of nitrogen functional groups attached to an aromatic ring is 1. The molecule has 20 heavy (non-hydrogen) atoms. The van der Waals surface area contributed by atoms with Crippen molar-refractivity contribution in [2.75, 3.05) is 18.9 Å². The van der Waals surface area contributed by atoms with E-state index in [1.807, 2.05) is 36.4 Å². The molecule has 0 aliphatic heterocycles. The Balaban J connectivity index is 1.92. The molecule has 0 aliphatic carbocycles. The first-order chi connectivity index (χ1) is 9.81. The molecule has 0 amide bonds. The van der Waals surface area contributed by atoms with E-state index in [-0.39, 0.29) is 0 Å². The third-order valence-corrected chi connectivity index (χ3v) is 2.83. The van der Waals surface area contributed by atoms with E-state index >= 15 is 0 Å². The molecule has 2 N–H and O–H groups in total. The van der Waals surface area contributed by atoms with Crippen LogP contribution in [0.3, 0.4) is 0 Å². The molecule has 2 aromatic rings. The van der Waals surface area contributed by atoms with E-state index in [0.29, 0.717) is 30.4 Å². The number of hydrogen-bond acceptors (Lipinski definition) is 4. The average Bonchev–Trinajstić information content (AvgIpc) is 2.49. The molecule has 0 bridgehead atoms. The zero-order valence-corrected chi connectivity index (χ0v) is 11.7. The SMILES string of the molecule is CCCOc1cccc(OCCc2ccccn2)c1N. The number of ether oxygens (including phenoxy) is 2. The molecule has 0 unspecified atom stereocenters. The predicted molar refractivity (Wildman–Crippen MR) is 80.1 cm³/mol. The number of nitrogens with two attached hydrogens (primary N) is 1. The number of anilines is 1. The lowest BCUT2D eigenvalue weighted by Crippen LogP contribution is -2.06. The minimum atomic E-state index is 0.540. The molecule has 0 saturated heterocycles. The van der Waals surface area contributed by atoms with Gasteiger partial charge in [0.15, 0.2) is 0 Å². The number of rotatable bonds is 7. The van der Waals surface area contributed by atoms with Crippen molar-refractivity contribution in [3.05, 3.63) is 48.3 Å². The highest BCUT2D eigenvalue weighted by Gasteiger charge is 2.07. The lowest BCUT2D eigenvalue weighted by Gasteiger charge is -2.12. The van der Waals surface area contributed by atoms with Gasteiger partial charge in [-0.3, -0.25) is 4.98 Å². The molecule has 4 heteroatoms. The molecule has 0 spiro atoms. The monoisotopic (exact) mass is 272 g/mol. The summed E-state index contributed by atoms with van der Waals surface area (Å²) < 4.78 is 11.3. The van der Waals surface area contributed by atoms with Crippen LogP contribution in [-0.4, -0.2) is 18.2 Å². The maximum atomic E-state index is 6.04. The van der Waals surface area contributed by atoms with Crippen LogP contribution in [-0.2, 0) is 6.42 Å². The van der Waals surface area contributed by atoms with Gasteiger partial charge in [-0.1, -0.05) is 19.1 Å². The fourth-order valence-corrected chi connectivity index (χ4v) is 1.80. The third kappa shape index (κ3) is 3.88. The normalized spacial score (nSPS) is 10.2. The highest BCUT2D eigenvalue weighted by Crippen LogP contribution is 2.31. The van der Waals surface area contributed by atoms with Gasteiger partial charge in [0.05, 0.1) is 13.2 Å². The number of pyridine rings is 1. The Bertz CT molecular complexity index is 529. The van der Waals surface area contributed by atoms with Crippen molar-refractivity contribution >= 4 is 5.69 Å². The van der Waals surface area contributed by atoms with Crippen LogP contribution in [0.4, 0.5) is 5.69 Å². The average molecular weight is 272 g/mol. The Kier molecular flexibility index (Phi) is 5.24. The molecule has 0 radical (unpaired) electrons. The molecule has 1 aromatic heterocycles. The third-order valence-electron chi connectivity index (χ3n) is 2.83. The van der Waals surface area contributed by atoms with Crippen molar-refractivity contribution in [3.8, 4) is 11.5 Å². The van der Waals surface area contributed by atoms with Gasteiger partial charge in [0.25, 0.3) is 0 Å². The standard InChI is InChI=1S/C16H20N2O2/c1-2-11-19-14-7-5-8-15(16(14)17)20-12-9-13-6-3-4-10-18-13/h3-8,10H,2,9,11-12,17H2,1H3. The van der Waals surface area contributed by atoms with Gasteiger partial charge < -0.3 is 15.2 Å². The molecule has 106 valence electrons. The number of benzene rings is 1. The second kappa shape index (κ2) is 7.38. The number of para-hydroxylation sites is 1. The molecule has 4 nitrogen and oxygen atoms in total. The quantitative estimate of drug-likeness (QED) is 0.787. The van der Waals surface area contributed by atoms with E-state index < -0.39 is 0 Å². The van der Waals surface area contributed by atoms with Crippen LogP contribution in [0.25, 0.3) is 0 Å². The maximum Gasteiger partial charge on any atom is 0.146 e. The van der Waals surface area contributed by atoms with E-state index in [0.717, 1.165) is 18.5 Å². The maximum absolute atomic E-state index is 6.04. The number of hydrogen-bond donors (Lipinski definition) is 1. The van der Waals surface area contributed by atoms with Gasteiger partial charge in [-0.15, -0.1) is 0 Å². The predicted octanol–water partition coefficient (Wildman–Crippen LogP) is 3.07. The van der Waals surface area contributed by atoms with Crippen LogP contribution in [0, 0.1) is 0 Å². The van der Waals surface area contributed by atoms with Crippen LogP contribution in [0.1, 0.15) is 19.0 Å². The van der Waals surface area contributed by atoms with Gasteiger partial charge in [-0.25, -0.2) is 0 Å². The fourth-order valence-electron chi connectivity index (χ4n) is 1.80. The Hall–Kier alpha value is -2.23. The molecular formula is C16H20N2O2. The topological polar surface area (TPSA) is 57.4 Å². The van der Waals surface area contributed by atoms with E-state index in [1.54, 1.807) is 6.20 Å². The molecule has 0 saturated carbocycles. The Morgan fingerprint density at radius 1 is 1.00 bits per heavy atom. The molecular weight excluding hydrogens is 252 g/mol. The van der Waals surface area contributed by atoms with Gasteiger partial charge in [0.1, 0.15) is 17.2 Å². The van der Waals surface area contributed by atoms with Gasteiger partial charge >= 0.3 is 0 Å². The molecule has 0 atom stereocenters. The summed E-state index contributed by atoms with van der Waals surface area (Å²) >= 11 is 0. The molecule has 0 fully saturated rings. The lowest BCUT2D eigenvalue weighted by molar-refractivity contribution is 0.306. The van der Waals surface area contributed by atoms with Gasteiger partial charge in [-0.05, 0) is 30.7 Å². The zero-order chi connectivity index (χ0) is 14.2. The number of aromatic nitrogens is 1. The van der Waals surface area contributed by atoms with Crippen LogP contribution in [0.15, 0.2) is 42.6 Å². The molecule has 1 aromatic carbocycles.